The molecule has 0 aliphatic heterocycles. The van der Waals surface area contributed by atoms with Gasteiger partial charge >= 0.3 is 0 Å². The van der Waals surface area contributed by atoms with E-state index in [1.54, 1.807) is 13.8 Å². The van der Waals surface area contributed by atoms with Crippen molar-refractivity contribution >= 4 is 5.91 Å². The maximum Gasteiger partial charge on any atom is 0.251 e. The molecule has 2 unspecified atom stereocenters. The van der Waals surface area contributed by atoms with Crippen LogP contribution in [0, 0.1) is 9.81 Å². The normalized spacial score (nSPS) is 14.0. The van der Waals surface area contributed by atoms with Crippen LogP contribution in [0.2, 0.25) is 0 Å². The number of rotatable bonds is 17. The molecule has 1 amide bonds. The van der Waals surface area contributed by atoms with E-state index >= 15 is 0 Å². The molecule has 1 rings (SSSR count). The van der Waals surface area contributed by atoms with E-state index in [1.807, 2.05) is 52.0 Å². The first-order valence-corrected chi connectivity index (χ1v) is 12.2. The third-order valence-corrected chi connectivity index (χ3v) is 6.76. The number of benzene rings is 1. The van der Waals surface area contributed by atoms with Gasteiger partial charge in [0, 0.05) is 55.9 Å². The topological polar surface area (TPSA) is 115 Å². The van der Waals surface area contributed by atoms with Crippen LogP contribution >= 0.6 is 0 Å². The van der Waals surface area contributed by atoms with Crippen molar-refractivity contribution < 1.29 is 4.79 Å². The van der Waals surface area contributed by atoms with E-state index in [9.17, 15) is 14.6 Å². The quantitative estimate of drug-likeness (QED) is 0.297. The van der Waals surface area contributed by atoms with Crippen molar-refractivity contribution in [2.45, 2.75) is 78.0 Å². The number of carbonyl (C=O) groups is 1. The van der Waals surface area contributed by atoms with E-state index in [0.717, 1.165) is 19.5 Å². The van der Waals surface area contributed by atoms with Gasteiger partial charge in [0.15, 0.2) is 0 Å². The predicted octanol–water partition coefficient (Wildman–Crippen LogP) is 3.33. The molecule has 0 aliphatic carbocycles. The summed E-state index contributed by atoms with van der Waals surface area (Å²) >= 11 is 0. The number of carbonyl (C=O) groups excluding carboxylic acids is 1. The average molecular weight is 477 g/mol. The van der Waals surface area contributed by atoms with Crippen molar-refractivity contribution in [3.05, 3.63) is 45.2 Å². The first kappa shape index (κ1) is 29.8. The predicted molar refractivity (Wildman–Crippen MR) is 139 cm³/mol. The number of nitroso groups, excluding NO2 is 2. The molecule has 0 aliphatic rings. The first-order valence-electron chi connectivity index (χ1n) is 12.2. The Hall–Kier alpha value is -2.23. The Kier molecular flexibility index (Phi) is 12.5. The fourth-order valence-corrected chi connectivity index (χ4v) is 3.29. The summed E-state index contributed by atoms with van der Waals surface area (Å²) in [6.07, 6.45) is 0.940. The Morgan fingerprint density at radius 3 is 1.71 bits per heavy atom. The maximum absolute atomic E-state index is 12.5. The molecule has 192 valence electrons. The fraction of sp³-hybridized carbons (Fsp3) is 0.720. The lowest BCUT2D eigenvalue weighted by molar-refractivity contribution is 0.0948. The molecule has 2 atom stereocenters. The van der Waals surface area contributed by atoms with Crippen molar-refractivity contribution in [3.63, 3.8) is 0 Å². The highest BCUT2D eigenvalue weighted by Crippen LogP contribution is 2.12. The van der Waals surface area contributed by atoms with E-state index in [-0.39, 0.29) is 18.0 Å². The lowest BCUT2D eigenvalue weighted by Crippen LogP contribution is -2.52. The number of hydrogen-bond donors (Lipinski definition) is 3. The molecule has 0 bridgehead atoms. The highest BCUT2D eigenvalue weighted by atomic mass is 16.3. The molecule has 9 heteroatoms. The fourth-order valence-electron chi connectivity index (χ4n) is 3.29. The van der Waals surface area contributed by atoms with Crippen LogP contribution in [0.25, 0.3) is 0 Å². The number of aryl methyl sites for hydroxylation is 1. The molecule has 0 aromatic heterocycles. The Labute approximate surface area is 204 Å². The minimum Gasteiger partial charge on any atom is -0.351 e. The molecule has 0 fully saturated rings. The molecule has 1 aromatic rings. The van der Waals surface area contributed by atoms with Crippen molar-refractivity contribution in [1.82, 2.24) is 20.9 Å². The zero-order valence-corrected chi connectivity index (χ0v) is 22.0. The SMILES string of the molecule is CCc1ccc(C(=O)NCCN(CCNC(C)(C)C(C)N=O)CCNC(C)(C)C(C)N=O)cc1. The summed E-state index contributed by atoms with van der Waals surface area (Å²) in [4.78, 5) is 36.6. The van der Waals surface area contributed by atoms with Gasteiger partial charge in [-0.15, -0.1) is 0 Å². The van der Waals surface area contributed by atoms with E-state index < -0.39 is 11.1 Å². The third kappa shape index (κ3) is 9.95. The molecular formula is C25H44N6O3. The van der Waals surface area contributed by atoms with Crippen LogP contribution in [0.4, 0.5) is 0 Å². The lowest BCUT2D eigenvalue weighted by Gasteiger charge is -2.32. The van der Waals surface area contributed by atoms with Gasteiger partial charge in [0.05, 0.1) is 0 Å². The van der Waals surface area contributed by atoms with Crippen LogP contribution in [0.1, 0.15) is 64.4 Å². The molecule has 9 nitrogen and oxygen atoms in total. The van der Waals surface area contributed by atoms with E-state index in [1.165, 1.54) is 5.56 Å². The van der Waals surface area contributed by atoms with Crippen LogP contribution in [0.5, 0.6) is 0 Å². The second-order valence-corrected chi connectivity index (χ2v) is 10.0. The summed E-state index contributed by atoms with van der Waals surface area (Å²) in [6, 6.07) is 6.97. The summed E-state index contributed by atoms with van der Waals surface area (Å²) in [5, 5.41) is 16.1. The standard InChI is InChI=1S/C25H44N6O3/c1-8-21-9-11-22(12-10-21)23(32)26-13-16-31(17-14-27-24(4,5)19(2)29-33)18-15-28-25(6,7)20(3)30-34/h9-12,19-20,27-28H,8,13-18H2,1-7H3,(H,26,32). The number of nitrogens with zero attached hydrogens (tertiary/aromatic N) is 3. The smallest absolute Gasteiger partial charge is 0.251 e. The van der Waals surface area contributed by atoms with Crippen molar-refractivity contribution in [3.8, 4) is 0 Å². The molecule has 3 N–H and O–H groups in total. The highest BCUT2D eigenvalue weighted by molar-refractivity contribution is 5.94. The zero-order valence-electron chi connectivity index (χ0n) is 22.0. The van der Waals surface area contributed by atoms with Gasteiger partial charge < -0.3 is 16.0 Å². The lowest BCUT2D eigenvalue weighted by atomic mass is 9.97. The third-order valence-electron chi connectivity index (χ3n) is 6.76. The van der Waals surface area contributed by atoms with E-state index in [4.69, 9.17) is 0 Å². The van der Waals surface area contributed by atoms with Crippen molar-refractivity contribution in [2.24, 2.45) is 10.4 Å². The van der Waals surface area contributed by atoms with Gasteiger partial charge in [-0.25, -0.2) is 0 Å². The number of hydrogen-bond acceptors (Lipinski definition) is 8. The Morgan fingerprint density at radius 1 is 0.853 bits per heavy atom. The Morgan fingerprint density at radius 2 is 1.29 bits per heavy atom. The molecule has 0 heterocycles. The Bertz CT molecular complexity index is 734. The van der Waals surface area contributed by atoms with Gasteiger partial charge in [-0.2, -0.15) is 9.81 Å². The summed E-state index contributed by atoms with van der Waals surface area (Å²) in [5.74, 6) is -0.0853. The van der Waals surface area contributed by atoms with Crippen LogP contribution < -0.4 is 16.0 Å². The Balaban J connectivity index is 2.65. The number of amides is 1. The van der Waals surface area contributed by atoms with Gasteiger partial charge in [0.25, 0.3) is 5.91 Å². The number of nitrogens with one attached hydrogen (secondary N) is 3. The second-order valence-electron chi connectivity index (χ2n) is 10.0. The van der Waals surface area contributed by atoms with E-state index in [0.29, 0.717) is 31.7 Å². The van der Waals surface area contributed by atoms with Crippen molar-refractivity contribution in [2.75, 3.05) is 39.3 Å². The van der Waals surface area contributed by atoms with Crippen molar-refractivity contribution in [1.29, 1.82) is 0 Å². The molecule has 0 spiro atoms. The highest BCUT2D eigenvalue weighted by Gasteiger charge is 2.27. The van der Waals surface area contributed by atoms with Gasteiger partial charge in [0.1, 0.15) is 12.1 Å². The zero-order chi connectivity index (χ0) is 25.8. The van der Waals surface area contributed by atoms with Gasteiger partial charge in [0.2, 0.25) is 0 Å². The second kappa shape index (κ2) is 14.2. The van der Waals surface area contributed by atoms with E-state index in [2.05, 4.69) is 38.1 Å². The molecule has 1 aromatic carbocycles. The average Bonchev–Trinajstić information content (AvgIpc) is 2.82. The van der Waals surface area contributed by atoms with Crippen LogP contribution in [0.3, 0.4) is 0 Å². The summed E-state index contributed by atoms with van der Waals surface area (Å²) in [5.41, 5.74) is 1.04. The van der Waals surface area contributed by atoms with Gasteiger partial charge in [-0.05, 0) is 65.7 Å². The summed E-state index contributed by atoms with van der Waals surface area (Å²) in [7, 11) is 0. The molecule has 0 radical (unpaired) electrons. The first-order chi connectivity index (χ1) is 16.0. The summed E-state index contributed by atoms with van der Waals surface area (Å²) in [6.45, 7) is 17.5. The van der Waals surface area contributed by atoms with Crippen LogP contribution in [-0.2, 0) is 6.42 Å². The molecule has 0 saturated carbocycles. The molecule has 0 saturated heterocycles. The van der Waals surface area contributed by atoms with Crippen LogP contribution in [-0.4, -0.2) is 73.2 Å². The molecular weight excluding hydrogens is 432 g/mol. The molecule has 34 heavy (non-hydrogen) atoms. The van der Waals surface area contributed by atoms with Gasteiger partial charge in [-0.1, -0.05) is 29.4 Å². The minimum absolute atomic E-state index is 0.0853. The monoisotopic (exact) mass is 476 g/mol. The minimum atomic E-state index is -0.405. The van der Waals surface area contributed by atoms with Gasteiger partial charge in [-0.3, -0.25) is 9.69 Å². The summed E-state index contributed by atoms with van der Waals surface area (Å²) < 4.78 is 0. The maximum atomic E-state index is 12.5. The largest absolute Gasteiger partial charge is 0.351 e. The van der Waals surface area contributed by atoms with Crippen LogP contribution in [0.15, 0.2) is 34.6 Å².